The Morgan fingerprint density at radius 3 is 1.05 bits per heavy atom. The number of pyridine rings is 2. The van der Waals surface area contributed by atoms with Crippen molar-refractivity contribution in [2.24, 2.45) is 0 Å². The Morgan fingerprint density at radius 1 is 0.202 bits per heavy atom. The maximum atomic E-state index is 6.68. The Balaban J connectivity index is 0.000000143. The molecule has 12 heteroatoms. The standard InChI is InChI=1S/C56H35N5O.C56H35N5S/c1-5-17-36(18-6-1)40-29-30-42(37-19-7-2-8-20-37)46(33-40)41-34-47(55-59-53(38-21-9-3-10-22-38)58-54(60-55)39-23-11-4-12-24-39)56(57-35-41)61-48-27-15-13-26-45(48)51-49(61)32-31-44-43-25-14-16-28-50(43)62-52(44)51;1-5-17-36(18-6-1)40-29-30-42(37-19-7-2-8-20-37)45(31-40)41-32-48(55-59-53(38-21-9-3-10-22-38)58-54(60-55)39-23-11-4-12-24-39)56(57-35-41)61-49-27-15-13-25-43(49)46-34-52-47(33-50(46)61)44-26-14-16-28-51(44)62-52/h2*1-35H. The Morgan fingerprint density at radius 2 is 0.573 bits per heavy atom. The maximum Gasteiger partial charge on any atom is 0.167 e. The number of aromatic nitrogens is 10. The Bertz CT molecular complexity index is 8090. The first-order valence-electron chi connectivity index (χ1n) is 41.4. The Hall–Kier alpha value is -16.5. The molecule has 0 saturated heterocycles. The molecule has 0 bridgehead atoms. The average Bonchev–Trinajstić information content (AvgIpc) is 1.56. The van der Waals surface area contributed by atoms with Crippen LogP contribution in [0, 0.1) is 0 Å². The number of nitrogens with zero attached hydrogens (tertiary/aromatic N) is 10. The van der Waals surface area contributed by atoms with Crippen LogP contribution in [0.1, 0.15) is 0 Å². The molecule has 11 nitrogen and oxygen atoms in total. The summed E-state index contributed by atoms with van der Waals surface area (Å²) < 4.78 is 13.8. The largest absolute Gasteiger partial charge is 0.455 e. The number of fused-ring (bicyclic) bond motifs is 13. The third-order valence-corrected chi connectivity index (χ3v) is 24.6. The molecule has 0 spiro atoms. The number of rotatable bonds is 14. The van der Waals surface area contributed by atoms with Gasteiger partial charge < -0.3 is 4.42 Å². The fourth-order valence-electron chi connectivity index (χ4n) is 17.6. The van der Waals surface area contributed by atoms with Gasteiger partial charge in [-0.3, -0.25) is 9.13 Å². The molecule has 580 valence electrons. The van der Waals surface area contributed by atoms with E-state index >= 15 is 0 Å². The first-order valence-corrected chi connectivity index (χ1v) is 42.2. The summed E-state index contributed by atoms with van der Waals surface area (Å²) in [7, 11) is 0. The fraction of sp³-hybridized carbons (Fsp3) is 0. The zero-order chi connectivity index (χ0) is 82.0. The minimum atomic E-state index is 0.512. The van der Waals surface area contributed by atoms with Crippen molar-refractivity contribution >= 4 is 97.1 Å². The van der Waals surface area contributed by atoms with E-state index in [-0.39, 0.29) is 0 Å². The molecule has 0 atom stereocenters. The number of benzene rings is 16. The minimum Gasteiger partial charge on any atom is -0.455 e. The summed E-state index contributed by atoms with van der Waals surface area (Å²) in [6.45, 7) is 0. The first kappa shape index (κ1) is 72.7. The lowest BCUT2D eigenvalue weighted by Crippen LogP contribution is -2.06. The monoisotopic (exact) mass is 1600 g/mol. The van der Waals surface area contributed by atoms with Gasteiger partial charge in [0.25, 0.3) is 0 Å². The van der Waals surface area contributed by atoms with Crippen LogP contribution < -0.4 is 0 Å². The second-order valence-corrected chi connectivity index (χ2v) is 31.9. The van der Waals surface area contributed by atoms with Gasteiger partial charge in [-0.15, -0.1) is 11.3 Å². The van der Waals surface area contributed by atoms with Crippen molar-refractivity contribution in [3.8, 4) is 147 Å². The number of furan rings is 1. The van der Waals surface area contributed by atoms with Gasteiger partial charge in [0.1, 0.15) is 22.8 Å². The van der Waals surface area contributed by atoms with E-state index in [0.717, 1.165) is 166 Å². The molecule has 0 radical (unpaired) electrons. The lowest BCUT2D eigenvalue weighted by molar-refractivity contribution is 0.673. The van der Waals surface area contributed by atoms with Crippen molar-refractivity contribution in [2.45, 2.75) is 0 Å². The van der Waals surface area contributed by atoms with Crippen LogP contribution in [0.4, 0.5) is 0 Å². The van der Waals surface area contributed by atoms with Gasteiger partial charge in [0.05, 0.1) is 38.6 Å². The zero-order valence-electron chi connectivity index (χ0n) is 66.7. The molecule has 0 N–H and O–H groups in total. The molecular weight excluding hydrogens is 1530 g/mol. The summed E-state index contributed by atoms with van der Waals surface area (Å²) >= 11 is 1.84. The topological polar surface area (TPSA) is 126 Å². The van der Waals surface area contributed by atoms with Gasteiger partial charge in [-0.2, -0.15) is 0 Å². The molecule has 0 aliphatic rings. The third-order valence-electron chi connectivity index (χ3n) is 23.4. The third kappa shape index (κ3) is 13.1. The van der Waals surface area contributed by atoms with E-state index in [1.165, 1.54) is 25.6 Å². The highest BCUT2D eigenvalue weighted by atomic mass is 32.1. The number of thiophene rings is 1. The van der Waals surface area contributed by atoms with Crippen molar-refractivity contribution in [1.29, 1.82) is 0 Å². The lowest BCUT2D eigenvalue weighted by atomic mass is 9.91. The molecule has 0 unspecified atom stereocenters. The Kier molecular flexibility index (Phi) is 18.2. The summed E-state index contributed by atoms with van der Waals surface area (Å²) in [5, 5.41) is 9.06. The molecule has 0 amide bonds. The van der Waals surface area contributed by atoms with Gasteiger partial charge in [0.2, 0.25) is 0 Å². The molecule has 24 aromatic rings. The van der Waals surface area contributed by atoms with Crippen LogP contribution in [0.3, 0.4) is 0 Å². The highest BCUT2D eigenvalue weighted by Crippen LogP contribution is 2.48. The van der Waals surface area contributed by atoms with E-state index in [1.807, 2.05) is 163 Å². The predicted octanol–water partition coefficient (Wildman–Crippen LogP) is 29.0. The molecular formula is C112H70N10OS. The van der Waals surface area contributed by atoms with Gasteiger partial charge in [-0.1, -0.05) is 340 Å². The zero-order valence-corrected chi connectivity index (χ0v) is 67.5. The van der Waals surface area contributed by atoms with Crippen molar-refractivity contribution in [3.05, 3.63) is 425 Å². The summed E-state index contributed by atoms with van der Waals surface area (Å²) in [6, 6.07) is 144. The van der Waals surface area contributed by atoms with Crippen LogP contribution in [-0.4, -0.2) is 49.0 Å². The average molecular weight is 1600 g/mol. The van der Waals surface area contributed by atoms with Crippen molar-refractivity contribution in [2.75, 3.05) is 0 Å². The van der Waals surface area contributed by atoms with E-state index < -0.39 is 0 Å². The number of hydrogen-bond acceptors (Lipinski definition) is 10. The number of hydrogen-bond donors (Lipinski definition) is 0. The molecule has 8 aromatic heterocycles. The highest BCUT2D eigenvalue weighted by molar-refractivity contribution is 7.25. The van der Waals surface area contributed by atoms with Crippen LogP contribution in [0.15, 0.2) is 429 Å². The van der Waals surface area contributed by atoms with Crippen molar-refractivity contribution in [3.63, 3.8) is 0 Å². The van der Waals surface area contributed by atoms with Gasteiger partial charge in [0.15, 0.2) is 34.9 Å². The van der Waals surface area contributed by atoms with Gasteiger partial charge in [-0.25, -0.2) is 39.9 Å². The van der Waals surface area contributed by atoms with Crippen LogP contribution in [0.5, 0.6) is 0 Å². The highest BCUT2D eigenvalue weighted by Gasteiger charge is 2.28. The second kappa shape index (κ2) is 31.0. The van der Waals surface area contributed by atoms with Gasteiger partial charge in [-0.05, 0) is 128 Å². The van der Waals surface area contributed by atoms with E-state index in [4.69, 9.17) is 44.3 Å². The lowest BCUT2D eigenvalue weighted by Gasteiger charge is -2.17. The summed E-state index contributed by atoms with van der Waals surface area (Å²) in [6.07, 6.45) is 4.01. The van der Waals surface area contributed by atoms with Gasteiger partial charge in [0, 0.05) is 92.9 Å². The summed E-state index contributed by atoms with van der Waals surface area (Å²) in [5.74, 6) is 4.82. The van der Waals surface area contributed by atoms with Crippen LogP contribution in [0.25, 0.3) is 232 Å². The molecule has 0 aliphatic heterocycles. The van der Waals surface area contributed by atoms with Crippen molar-refractivity contribution in [1.82, 2.24) is 49.0 Å². The summed E-state index contributed by atoms with van der Waals surface area (Å²) in [5.41, 5.74) is 23.9. The quantitative estimate of drug-likeness (QED) is 0.105. The SMILES string of the molecule is c1ccc(-c2ccc(-c3ccccc3)c(-c3cnc(-n4c5ccccc5c5c6oc7ccccc7c6ccc54)c(-c4nc(-c5ccccc5)nc(-c5ccccc5)n4)c3)c2)cc1.c1ccc(-c2ccc(-c3ccccc3)c(-c3cnc(-n4c5ccccc5c5cc6sc7ccccc7c6cc54)c(-c4nc(-c5ccccc5)nc(-c5ccccc5)n4)c3)c2)cc1. The minimum absolute atomic E-state index is 0.512. The summed E-state index contributed by atoms with van der Waals surface area (Å²) in [4.78, 5) is 42.4. The first-order chi connectivity index (χ1) is 61.5. The molecule has 8 heterocycles. The van der Waals surface area contributed by atoms with E-state index in [0.29, 0.717) is 40.8 Å². The molecule has 0 fully saturated rings. The smallest absolute Gasteiger partial charge is 0.167 e. The van der Waals surface area contributed by atoms with E-state index in [2.05, 4.69) is 282 Å². The maximum absolute atomic E-state index is 6.68. The van der Waals surface area contributed by atoms with Crippen LogP contribution in [-0.2, 0) is 0 Å². The van der Waals surface area contributed by atoms with Crippen LogP contribution >= 0.6 is 11.3 Å². The van der Waals surface area contributed by atoms with Crippen molar-refractivity contribution < 1.29 is 4.42 Å². The Labute approximate surface area is 717 Å². The van der Waals surface area contributed by atoms with E-state index in [1.54, 1.807) is 0 Å². The second-order valence-electron chi connectivity index (χ2n) is 30.9. The molecule has 0 saturated carbocycles. The van der Waals surface area contributed by atoms with E-state index in [9.17, 15) is 0 Å². The fourth-order valence-corrected chi connectivity index (χ4v) is 18.7. The van der Waals surface area contributed by atoms with Crippen LogP contribution in [0.2, 0.25) is 0 Å². The predicted molar refractivity (Wildman–Crippen MR) is 509 cm³/mol. The number of para-hydroxylation sites is 3. The molecule has 24 rings (SSSR count). The normalized spacial score (nSPS) is 11.5. The molecule has 0 aliphatic carbocycles. The van der Waals surface area contributed by atoms with Gasteiger partial charge >= 0.3 is 0 Å². The molecule has 124 heavy (non-hydrogen) atoms. The molecule has 16 aromatic carbocycles.